The highest BCUT2D eigenvalue weighted by molar-refractivity contribution is 7.99. The van der Waals surface area contributed by atoms with E-state index in [1.54, 1.807) is 7.11 Å². The lowest BCUT2D eigenvalue weighted by Crippen LogP contribution is -2.01. The van der Waals surface area contributed by atoms with Gasteiger partial charge in [0, 0.05) is 12.9 Å². The third-order valence-corrected chi connectivity index (χ3v) is 2.81. The molecule has 0 saturated carbocycles. The lowest BCUT2D eigenvalue weighted by atomic mass is 10.4. The van der Waals surface area contributed by atoms with Crippen molar-refractivity contribution in [3.63, 3.8) is 0 Å². The van der Waals surface area contributed by atoms with Gasteiger partial charge in [-0.25, -0.2) is 9.97 Å². The normalized spacial score (nSPS) is 10.4. The number of nitro groups is 1. The Morgan fingerprint density at radius 3 is 2.81 bits per heavy atom. The van der Waals surface area contributed by atoms with E-state index in [9.17, 15) is 10.1 Å². The fourth-order valence-corrected chi connectivity index (χ4v) is 2.26. The van der Waals surface area contributed by atoms with Gasteiger partial charge in [-0.1, -0.05) is 11.8 Å². The highest BCUT2D eigenvalue weighted by atomic mass is 35.5. The average molecular weight is 264 g/mol. The number of hydrogen-bond donors (Lipinski definition) is 0. The Kier molecular flexibility index (Phi) is 4.91. The minimum Gasteiger partial charge on any atom is -0.384 e. The standard InChI is InChI=1S/C8H10ClN3O3S/c1-5-6(12(13)14)7(11-8(9)10-5)16-4-3-15-2/h3-4H2,1-2H3. The molecule has 1 aromatic heterocycles. The molecule has 0 saturated heterocycles. The highest BCUT2D eigenvalue weighted by Gasteiger charge is 2.21. The molecule has 1 aromatic rings. The second-order valence-corrected chi connectivity index (χ2v) is 4.25. The Morgan fingerprint density at radius 1 is 1.56 bits per heavy atom. The van der Waals surface area contributed by atoms with Crippen LogP contribution < -0.4 is 0 Å². The summed E-state index contributed by atoms with van der Waals surface area (Å²) in [5.74, 6) is 0.574. The SMILES string of the molecule is COCCSc1nc(Cl)nc(C)c1[N+](=O)[O-]. The van der Waals surface area contributed by atoms with Crippen molar-refractivity contribution in [1.82, 2.24) is 9.97 Å². The van der Waals surface area contributed by atoms with Crippen LogP contribution in [0.2, 0.25) is 5.28 Å². The maximum Gasteiger partial charge on any atom is 0.322 e. The van der Waals surface area contributed by atoms with Gasteiger partial charge in [-0.05, 0) is 18.5 Å². The van der Waals surface area contributed by atoms with E-state index in [1.165, 1.54) is 18.7 Å². The van der Waals surface area contributed by atoms with E-state index < -0.39 is 4.92 Å². The summed E-state index contributed by atoms with van der Waals surface area (Å²) < 4.78 is 4.86. The van der Waals surface area contributed by atoms with Gasteiger partial charge in [-0.3, -0.25) is 10.1 Å². The summed E-state index contributed by atoms with van der Waals surface area (Å²) in [7, 11) is 1.56. The molecule has 0 aliphatic heterocycles. The zero-order valence-electron chi connectivity index (χ0n) is 8.77. The predicted molar refractivity (Wildman–Crippen MR) is 61.0 cm³/mol. The third-order valence-electron chi connectivity index (χ3n) is 1.71. The van der Waals surface area contributed by atoms with Crippen molar-refractivity contribution < 1.29 is 9.66 Å². The number of rotatable bonds is 5. The molecule has 0 fully saturated rings. The Morgan fingerprint density at radius 2 is 2.25 bits per heavy atom. The molecule has 88 valence electrons. The molecule has 0 bridgehead atoms. The van der Waals surface area contributed by atoms with Gasteiger partial charge in [0.25, 0.3) is 0 Å². The zero-order valence-corrected chi connectivity index (χ0v) is 10.3. The largest absolute Gasteiger partial charge is 0.384 e. The zero-order chi connectivity index (χ0) is 12.1. The van der Waals surface area contributed by atoms with Crippen LogP contribution >= 0.6 is 23.4 Å². The van der Waals surface area contributed by atoms with Gasteiger partial charge >= 0.3 is 5.69 Å². The fourth-order valence-electron chi connectivity index (χ4n) is 1.04. The second-order valence-electron chi connectivity index (χ2n) is 2.83. The van der Waals surface area contributed by atoms with Gasteiger partial charge in [-0.15, -0.1) is 0 Å². The number of aromatic nitrogens is 2. The molecule has 0 spiro atoms. The molecule has 0 aliphatic rings. The van der Waals surface area contributed by atoms with Crippen LogP contribution in [-0.4, -0.2) is 34.4 Å². The maximum absolute atomic E-state index is 10.8. The van der Waals surface area contributed by atoms with E-state index >= 15 is 0 Å². The van der Waals surface area contributed by atoms with Crippen LogP contribution in [0.4, 0.5) is 5.69 Å². The Hall–Kier alpha value is -0.920. The highest BCUT2D eigenvalue weighted by Crippen LogP contribution is 2.30. The molecular weight excluding hydrogens is 254 g/mol. The minimum atomic E-state index is -0.499. The van der Waals surface area contributed by atoms with E-state index in [1.807, 2.05) is 0 Å². The molecule has 16 heavy (non-hydrogen) atoms. The van der Waals surface area contributed by atoms with Gasteiger partial charge in [0.1, 0.15) is 5.69 Å². The number of nitrogens with zero attached hydrogens (tertiary/aromatic N) is 3. The quantitative estimate of drug-likeness (QED) is 0.202. The van der Waals surface area contributed by atoms with Gasteiger partial charge in [0.05, 0.1) is 11.5 Å². The Labute approximate surface area is 102 Å². The fraction of sp³-hybridized carbons (Fsp3) is 0.500. The summed E-state index contributed by atoms with van der Waals surface area (Å²) in [6, 6.07) is 0. The van der Waals surface area contributed by atoms with Crippen molar-refractivity contribution in [3.05, 3.63) is 21.1 Å². The molecule has 0 aliphatic carbocycles. The van der Waals surface area contributed by atoms with E-state index in [-0.39, 0.29) is 21.7 Å². The topological polar surface area (TPSA) is 78.2 Å². The number of ether oxygens (including phenoxy) is 1. The van der Waals surface area contributed by atoms with Crippen LogP contribution in [0.25, 0.3) is 0 Å². The minimum absolute atomic E-state index is 0.0167. The van der Waals surface area contributed by atoms with E-state index in [0.717, 1.165) is 0 Å². The number of halogens is 1. The van der Waals surface area contributed by atoms with Gasteiger partial charge < -0.3 is 4.74 Å². The van der Waals surface area contributed by atoms with Crippen LogP contribution in [0.3, 0.4) is 0 Å². The lowest BCUT2D eigenvalue weighted by Gasteiger charge is -2.03. The van der Waals surface area contributed by atoms with Crippen LogP contribution in [0.5, 0.6) is 0 Å². The van der Waals surface area contributed by atoms with Crippen molar-refractivity contribution in [3.8, 4) is 0 Å². The summed E-state index contributed by atoms with van der Waals surface area (Å²) in [5, 5.41) is 11.1. The van der Waals surface area contributed by atoms with Crippen LogP contribution in [0.15, 0.2) is 5.03 Å². The Balaban J connectivity index is 2.99. The maximum atomic E-state index is 10.8. The number of thioether (sulfide) groups is 1. The van der Waals surface area contributed by atoms with Crippen molar-refractivity contribution in [2.24, 2.45) is 0 Å². The van der Waals surface area contributed by atoms with Gasteiger partial charge in [0.15, 0.2) is 5.03 Å². The monoisotopic (exact) mass is 263 g/mol. The van der Waals surface area contributed by atoms with Crippen molar-refractivity contribution in [2.45, 2.75) is 11.9 Å². The first-order valence-electron chi connectivity index (χ1n) is 4.36. The molecule has 1 rings (SSSR count). The third kappa shape index (κ3) is 3.29. The molecule has 0 aromatic carbocycles. The molecule has 0 N–H and O–H groups in total. The second kappa shape index (κ2) is 5.97. The smallest absolute Gasteiger partial charge is 0.322 e. The molecule has 0 amide bonds. The van der Waals surface area contributed by atoms with Crippen molar-refractivity contribution in [1.29, 1.82) is 0 Å². The van der Waals surface area contributed by atoms with Crippen LogP contribution in [0, 0.1) is 17.0 Å². The van der Waals surface area contributed by atoms with E-state index in [2.05, 4.69) is 9.97 Å². The Bertz CT molecular complexity index is 402. The molecule has 6 nitrogen and oxygen atoms in total. The first kappa shape index (κ1) is 13.1. The molecule has 0 radical (unpaired) electrons. The summed E-state index contributed by atoms with van der Waals surface area (Å²) in [6.07, 6.45) is 0. The first-order valence-corrected chi connectivity index (χ1v) is 5.73. The summed E-state index contributed by atoms with van der Waals surface area (Å²) >= 11 is 6.88. The average Bonchev–Trinajstić information content (AvgIpc) is 2.16. The van der Waals surface area contributed by atoms with Crippen LogP contribution in [0.1, 0.15) is 5.69 Å². The molecule has 0 atom stereocenters. The van der Waals surface area contributed by atoms with Gasteiger partial charge in [-0.2, -0.15) is 0 Å². The van der Waals surface area contributed by atoms with Gasteiger partial charge in [0.2, 0.25) is 5.28 Å². The molecular formula is C8H10ClN3O3S. The van der Waals surface area contributed by atoms with Crippen molar-refractivity contribution >= 4 is 29.1 Å². The van der Waals surface area contributed by atoms with Crippen LogP contribution in [-0.2, 0) is 4.74 Å². The summed E-state index contributed by atoms with van der Waals surface area (Å²) in [6.45, 7) is 2.02. The molecule has 1 heterocycles. The molecule has 8 heteroatoms. The predicted octanol–water partition coefficient (Wildman–Crippen LogP) is 2.09. The summed E-state index contributed by atoms with van der Waals surface area (Å²) in [4.78, 5) is 17.9. The first-order chi connectivity index (χ1) is 7.56. The van der Waals surface area contributed by atoms with E-state index in [4.69, 9.17) is 16.3 Å². The van der Waals surface area contributed by atoms with Crippen molar-refractivity contribution in [2.75, 3.05) is 19.5 Å². The van der Waals surface area contributed by atoms with E-state index in [0.29, 0.717) is 12.4 Å². The lowest BCUT2D eigenvalue weighted by molar-refractivity contribution is -0.389. The number of methoxy groups -OCH3 is 1. The number of aryl methyl sites for hydroxylation is 1. The molecule has 0 unspecified atom stereocenters. The number of hydrogen-bond acceptors (Lipinski definition) is 6. The summed E-state index contributed by atoms with van der Waals surface area (Å²) in [5.41, 5.74) is 0.176.